The summed E-state index contributed by atoms with van der Waals surface area (Å²) in [6.45, 7) is 4.74. The molecule has 0 radical (unpaired) electrons. The van der Waals surface area contributed by atoms with Gasteiger partial charge >= 0.3 is 0 Å². The summed E-state index contributed by atoms with van der Waals surface area (Å²) in [7, 11) is 3.59. The van der Waals surface area contributed by atoms with E-state index in [1.54, 1.807) is 7.11 Å². The molecule has 0 spiro atoms. The van der Waals surface area contributed by atoms with Crippen molar-refractivity contribution in [1.82, 2.24) is 10.2 Å². The molecule has 0 bridgehead atoms. The van der Waals surface area contributed by atoms with Gasteiger partial charge in [-0.15, -0.1) is 24.0 Å². The second-order valence-corrected chi connectivity index (χ2v) is 6.72. The smallest absolute Gasteiger partial charge is 0.193 e. The summed E-state index contributed by atoms with van der Waals surface area (Å²) in [5.41, 5.74) is 1.45. The Kier molecular flexibility index (Phi) is 7.81. The SMILES string of the molecule is CN=C(NCC1(c2ccc(OC)cc2)CCOCC1)N1CCCC1.I. The number of benzene rings is 1. The summed E-state index contributed by atoms with van der Waals surface area (Å²) < 4.78 is 10.9. The van der Waals surface area contributed by atoms with E-state index in [1.807, 2.05) is 7.05 Å². The van der Waals surface area contributed by atoms with Crippen LogP contribution in [-0.4, -0.2) is 57.9 Å². The number of nitrogens with zero attached hydrogens (tertiary/aromatic N) is 2. The first-order valence-corrected chi connectivity index (χ1v) is 8.95. The summed E-state index contributed by atoms with van der Waals surface area (Å²) in [5.74, 6) is 1.94. The molecule has 2 heterocycles. The molecule has 3 rings (SSSR count). The molecule has 2 saturated heterocycles. The lowest BCUT2D eigenvalue weighted by atomic mass is 9.74. The molecule has 2 aliphatic heterocycles. The van der Waals surface area contributed by atoms with Crippen molar-refractivity contribution in [2.45, 2.75) is 31.1 Å². The van der Waals surface area contributed by atoms with E-state index in [0.29, 0.717) is 0 Å². The van der Waals surface area contributed by atoms with Gasteiger partial charge in [-0.05, 0) is 43.4 Å². The average molecular weight is 459 g/mol. The molecule has 6 heteroatoms. The number of halogens is 1. The molecule has 5 nitrogen and oxygen atoms in total. The van der Waals surface area contributed by atoms with Crippen LogP contribution in [0.4, 0.5) is 0 Å². The minimum atomic E-state index is 0. The fraction of sp³-hybridized carbons (Fsp3) is 0.632. The molecule has 0 unspecified atom stereocenters. The molecule has 0 atom stereocenters. The van der Waals surface area contributed by atoms with Gasteiger partial charge in [0.2, 0.25) is 0 Å². The summed E-state index contributed by atoms with van der Waals surface area (Å²) >= 11 is 0. The van der Waals surface area contributed by atoms with Gasteiger partial charge in [0.05, 0.1) is 7.11 Å². The van der Waals surface area contributed by atoms with Gasteiger partial charge in [0.25, 0.3) is 0 Å². The molecular weight excluding hydrogens is 429 g/mol. The van der Waals surface area contributed by atoms with Gasteiger partial charge < -0.3 is 19.7 Å². The van der Waals surface area contributed by atoms with Gasteiger partial charge in [-0.25, -0.2) is 0 Å². The Morgan fingerprint density at radius 2 is 1.84 bits per heavy atom. The normalized spacial score (nSPS) is 20.1. The predicted molar refractivity (Wildman–Crippen MR) is 112 cm³/mol. The molecule has 1 aromatic rings. The van der Waals surface area contributed by atoms with Crippen molar-refractivity contribution in [2.24, 2.45) is 4.99 Å². The highest BCUT2D eigenvalue weighted by atomic mass is 127. The maximum atomic E-state index is 5.63. The van der Waals surface area contributed by atoms with Crippen LogP contribution in [0.3, 0.4) is 0 Å². The minimum absolute atomic E-state index is 0. The van der Waals surface area contributed by atoms with Gasteiger partial charge in [-0.1, -0.05) is 12.1 Å². The monoisotopic (exact) mass is 459 g/mol. The Labute approximate surface area is 168 Å². The molecule has 0 aliphatic carbocycles. The van der Waals surface area contributed by atoms with E-state index >= 15 is 0 Å². The van der Waals surface area contributed by atoms with E-state index < -0.39 is 0 Å². The second-order valence-electron chi connectivity index (χ2n) is 6.72. The summed E-state index contributed by atoms with van der Waals surface area (Å²) in [6.07, 6.45) is 4.59. The summed E-state index contributed by atoms with van der Waals surface area (Å²) in [5, 5.41) is 3.64. The fourth-order valence-electron chi connectivity index (χ4n) is 3.78. The molecule has 25 heavy (non-hydrogen) atoms. The van der Waals surface area contributed by atoms with Crippen molar-refractivity contribution in [2.75, 3.05) is 47.0 Å². The van der Waals surface area contributed by atoms with E-state index in [4.69, 9.17) is 9.47 Å². The second kappa shape index (κ2) is 9.62. The quantitative estimate of drug-likeness (QED) is 0.427. The fourth-order valence-corrected chi connectivity index (χ4v) is 3.78. The van der Waals surface area contributed by atoms with Gasteiger partial charge in [0.1, 0.15) is 5.75 Å². The van der Waals surface area contributed by atoms with Crippen molar-refractivity contribution < 1.29 is 9.47 Å². The Hall–Kier alpha value is -1.02. The molecule has 0 saturated carbocycles. The van der Waals surface area contributed by atoms with Crippen LogP contribution >= 0.6 is 24.0 Å². The predicted octanol–water partition coefficient (Wildman–Crippen LogP) is 3.03. The highest BCUT2D eigenvalue weighted by Crippen LogP contribution is 2.35. The number of methoxy groups -OCH3 is 1. The maximum Gasteiger partial charge on any atom is 0.193 e. The Morgan fingerprint density at radius 3 is 2.40 bits per heavy atom. The van der Waals surface area contributed by atoms with Crippen molar-refractivity contribution in [3.63, 3.8) is 0 Å². The number of rotatable bonds is 4. The first-order chi connectivity index (χ1) is 11.8. The molecule has 2 aliphatic rings. The van der Waals surface area contributed by atoms with Crippen molar-refractivity contribution in [3.8, 4) is 5.75 Å². The van der Waals surface area contributed by atoms with E-state index in [2.05, 4.69) is 39.5 Å². The number of nitrogens with one attached hydrogen (secondary N) is 1. The maximum absolute atomic E-state index is 5.63. The number of guanidine groups is 1. The number of aliphatic imine (C=N–C) groups is 1. The molecule has 1 N–H and O–H groups in total. The first-order valence-electron chi connectivity index (χ1n) is 8.95. The van der Waals surface area contributed by atoms with E-state index in [0.717, 1.165) is 57.4 Å². The van der Waals surface area contributed by atoms with Crippen LogP contribution in [0.5, 0.6) is 5.75 Å². The topological polar surface area (TPSA) is 46.1 Å². The zero-order valence-electron chi connectivity index (χ0n) is 15.3. The molecule has 0 amide bonds. The van der Waals surface area contributed by atoms with Crippen LogP contribution in [0, 0.1) is 0 Å². The molecular formula is C19H30IN3O2. The molecule has 1 aromatic carbocycles. The van der Waals surface area contributed by atoms with Crippen LogP contribution in [0.25, 0.3) is 0 Å². The van der Waals surface area contributed by atoms with Crippen LogP contribution in [-0.2, 0) is 10.2 Å². The van der Waals surface area contributed by atoms with Crippen molar-refractivity contribution >= 4 is 29.9 Å². The summed E-state index contributed by atoms with van der Waals surface area (Å²) in [4.78, 5) is 6.85. The van der Waals surface area contributed by atoms with Crippen LogP contribution in [0.15, 0.2) is 29.3 Å². The van der Waals surface area contributed by atoms with Gasteiger partial charge in [0.15, 0.2) is 5.96 Å². The third kappa shape index (κ3) is 4.78. The van der Waals surface area contributed by atoms with Crippen molar-refractivity contribution in [1.29, 1.82) is 0 Å². The van der Waals surface area contributed by atoms with Crippen LogP contribution < -0.4 is 10.1 Å². The lowest BCUT2D eigenvalue weighted by Crippen LogP contribution is -2.48. The minimum Gasteiger partial charge on any atom is -0.497 e. The largest absolute Gasteiger partial charge is 0.497 e. The van der Waals surface area contributed by atoms with Gasteiger partial charge in [-0.3, -0.25) is 4.99 Å². The third-order valence-corrected chi connectivity index (χ3v) is 5.35. The highest BCUT2D eigenvalue weighted by molar-refractivity contribution is 14.0. The number of ether oxygens (including phenoxy) is 2. The van der Waals surface area contributed by atoms with Crippen LogP contribution in [0.2, 0.25) is 0 Å². The van der Waals surface area contributed by atoms with Gasteiger partial charge in [0, 0.05) is 45.3 Å². The zero-order chi connectivity index (χ0) is 16.8. The molecule has 140 valence electrons. The first kappa shape index (κ1) is 20.3. The third-order valence-electron chi connectivity index (χ3n) is 5.35. The van der Waals surface area contributed by atoms with E-state index in [1.165, 1.54) is 18.4 Å². The lowest BCUT2D eigenvalue weighted by molar-refractivity contribution is 0.0512. The summed E-state index contributed by atoms with van der Waals surface area (Å²) in [6, 6.07) is 8.51. The Morgan fingerprint density at radius 1 is 1.20 bits per heavy atom. The van der Waals surface area contributed by atoms with E-state index in [-0.39, 0.29) is 29.4 Å². The lowest BCUT2D eigenvalue weighted by Gasteiger charge is -2.39. The number of hydrogen-bond donors (Lipinski definition) is 1. The zero-order valence-corrected chi connectivity index (χ0v) is 17.6. The molecule has 2 fully saturated rings. The Balaban J connectivity index is 0.00000225. The average Bonchev–Trinajstić information content (AvgIpc) is 3.18. The number of likely N-dealkylation sites (tertiary alicyclic amines) is 1. The molecule has 0 aromatic heterocycles. The standard InChI is InChI=1S/C19H29N3O2.HI/c1-20-18(22-11-3-4-12-22)21-15-19(9-13-24-14-10-19)16-5-7-17(23-2)8-6-16;/h5-8H,3-4,9-15H2,1-2H3,(H,20,21);1H. The van der Waals surface area contributed by atoms with Crippen LogP contribution in [0.1, 0.15) is 31.2 Å². The van der Waals surface area contributed by atoms with E-state index in [9.17, 15) is 0 Å². The Bertz CT molecular complexity index is 550. The number of hydrogen-bond acceptors (Lipinski definition) is 3. The highest BCUT2D eigenvalue weighted by Gasteiger charge is 2.35. The van der Waals surface area contributed by atoms with Gasteiger partial charge in [-0.2, -0.15) is 0 Å². The van der Waals surface area contributed by atoms with Crippen molar-refractivity contribution in [3.05, 3.63) is 29.8 Å².